The molecule has 5 rings (SSSR count). The molecule has 2 aliphatic heterocycles. The SMILES string of the molecule is NC1=NS(=O)Nc2cccc(OCC3CCCN(C(=O)c4ccnc(-n5cncn5)c4)C3)c21. The van der Waals surface area contributed by atoms with Crippen LogP contribution in [-0.4, -0.2) is 60.3 Å². The van der Waals surface area contributed by atoms with Crippen molar-refractivity contribution in [1.29, 1.82) is 0 Å². The number of aromatic nitrogens is 4. The van der Waals surface area contributed by atoms with Crippen LogP contribution in [0.15, 0.2) is 53.6 Å². The second-order valence-electron chi connectivity index (χ2n) is 7.82. The van der Waals surface area contributed by atoms with Crippen molar-refractivity contribution in [3.05, 3.63) is 60.3 Å². The molecule has 170 valence electrons. The summed E-state index contributed by atoms with van der Waals surface area (Å²) in [5.74, 6) is 1.41. The Labute approximate surface area is 192 Å². The molecule has 2 atom stereocenters. The molecule has 0 spiro atoms. The maximum atomic E-state index is 13.1. The Balaban J connectivity index is 1.26. The van der Waals surface area contributed by atoms with Crippen molar-refractivity contribution < 1.29 is 13.7 Å². The minimum atomic E-state index is -1.59. The smallest absolute Gasteiger partial charge is 0.254 e. The number of amides is 1. The fraction of sp³-hybridized carbons (Fsp3) is 0.286. The molecule has 33 heavy (non-hydrogen) atoms. The molecule has 11 nitrogen and oxygen atoms in total. The standard InChI is InChI=1S/C21H22N8O3S/c22-20-19-16(26-33(31)27-20)4-1-5-17(19)32-11-14-3-2-8-28(10-14)21(30)15-6-7-24-18(9-15)29-13-23-12-25-29/h1,4-7,9,12-14,26H,2-3,8,10-11H2,(H2,22,27). The third-order valence-corrected chi connectivity index (χ3v) is 6.34. The van der Waals surface area contributed by atoms with Crippen molar-refractivity contribution >= 4 is 28.6 Å². The van der Waals surface area contributed by atoms with Crippen molar-refractivity contribution in [1.82, 2.24) is 24.6 Å². The van der Waals surface area contributed by atoms with E-state index >= 15 is 0 Å². The van der Waals surface area contributed by atoms with Crippen LogP contribution in [0.1, 0.15) is 28.8 Å². The molecule has 1 saturated heterocycles. The quantitative estimate of drug-likeness (QED) is 0.577. The molecule has 1 fully saturated rings. The molecule has 0 aliphatic carbocycles. The van der Waals surface area contributed by atoms with Crippen molar-refractivity contribution in [3.63, 3.8) is 0 Å². The summed E-state index contributed by atoms with van der Waals surface area (Å²) in [5.41, 5.74) is 7.78. The molecule has 4 heterocycles. The van der Waals surface area contributed by atoms with Gasteiger partial charge in [0.25, 0.3) is 5.91 Å². The average molecular weight is 467 g/mol. The maximum absolute atomic E-state index is 13.1. The summed E-state index contributed by atoms with van der Waals surface area (Å²) < 4.78 is 26.0. The number of carbonyl (C=O) groups excluding carboxylic acids is 1. The largest absolute Gasteiger partial charge is 0.492 e. The van der Waals surface area contributed by atoms with Crippen LogP contribution in [0.3, 0.4) is 0 Å². The maximum Gasteiger partial charge on any atom is 0.254 e. The lowest BCUT2D eigenvalue weighted by atomic mass is 9.98. The first-order chi connectivity index (χ1) is 16.1. The van der Waals surface area contributed by atoms with E-state index in [0.717, 1.165) is 12.8 Å². The van der Waals surface area contributed by atoms with E-state index in [1.54, 1.807) is 24.4 Å². The van der Waals surface area contributed by atoms with Gasteiger partial charge in [-0.2, -0.15) is 9.50 Å². The van der Waals surface area contributed by atoms with Crippen LogP contribution in [0.4, 0.5) is 5.69 Å². The van der Waals surface area contributed by atoms with Gasteiger partial charge in [0.15, 0.2) is 5.82 Å². The Hall–Kier alpha value is -3.80. The summed E-state index contributed by atoms with van der Waals surface area (Å²) >= 11 is -1.59. The number of fused-ring (bicyclic) bond motifs is 1. The van der Waals surface area contributed by atoms with Gasteiger partial charge in [0, 0.05) is 30.8 Å². The predicted molar refractivity (Wildman–Crippen MR) is 122 cm³/mol. The number of benzene rings is 1. The number of ether oxygens (including phenoxy) is 1. The number of anilines is 1. The molecule has 2 unspecified atom stereocenters. The first-order valence-corrected chi connectivity index (χ1v) is 11.6. The van der Waals surface area contributed by atoms with E-state index in [4.69, 9.17) is 10.5 Å². The summed E-state index contributed by atoms with van der Waals surface area (Å²) in [6.07, 6.45) is 6.39. The Kier molecular flexibility index (Phi) is 5.73. The number of hydrogen-bond acceptors (Lipinski definition) is 7. The van der Waals surface area contributed by atoms with Crippen molar-refractivity contribution in [3.8, 4) is 11.6 Å². The van der Waals surface area contributed by atoms with Gasteiger partial charge in [-0.05, 0) is 37.1 Å². The van der Waals surface area contributed by atoms with Gasteiger partial charge >= 0.3 is 0 Å². The average Bonchev–Trinajstić information content (AvgIpc) is 3.37. The number of piperidine rings is 1. The van der Waals surface area contributed by atoms with Crippen LogP contribution < -0.4 is 15.2 Å². The van der Waals surface area contributed by atoms with Crippen molar-refractivity contribution in [2.45, 2.75) is 12.8 Å². The Morgan fingerprint density at radius 1 is 1.33 bits per heavy atom. The lowest BCUT2D eigenvalue weighted by Gasteiger charge is -2.33. The number of nitrogens with zero attached hydrogens (tertiary/aromatic N) is 6. The lowest BCUT2D eigenvalue weighted by molar-refractivity contribution is 0.0633. The highest BCUT2D eigenvalue weighted by Crippen LogP contribution is 2.30. The zero-order valence-electron chi connectivity index (χ0n) is 17.6. The highest BCUT2D eigenvalue weighted by atomic mass is 32.2. The predicted octanol–water partition coefficient (Wildman–Crippen LogP) is 1.30. The van der Waals surface area contributed by atoms with E-state index in [0.29, 0.717) is 48.1 Å². The second-order valence-corrected chi connectivity index (χ2v) is 8.70. The molecule has 1 amide bonds. The normalized spacial score (nSPS) is 19.9. The Morgan fingerprint density at radius 3 is 3.09 bits per heavy atom. The summed E-state index contributed by atoms with van der Waals surface area (Å²) in [6, 6.07) is 8.82. The van der Waals surface area contributed by atoms with E-state index < -0.39 is 11.2 Å². The summed E-state index contributed by atoms with van der Waals surface area (Å²) in [6.45, 7) is 1.70. The van der Waals surface area contributed by atoms with Gasteiger partial charge in [-0.25, -0.2) is 18.9 Å². The van der Waals surface area contributed by atoms with Crippen molar-refractivity contribution in [2.75, 3.05) is 24.4 Å². The van der Waals surface area contributed by atoms with Crippen LogP contribution >= 0.6 is 0 Å². The van der Waals surface area contributed by atoms with E-state index in [1.165, 1.54) is 17.3 Å². The molecule has 0 radical (unpaired) electrons. The van der Waals surface area contributed by atoms with E-state index in [1.807, 2.05) is 17.0 Å². The molecule has 2 aliphatic rings. The minimum absolute atomic E-state index is 0.0522. The monoisotopic (exact) mass is 466 g/mol. The molecule has 1 aromatic carbocycles. The molecule has 12 heteroatoms. The molecule has 0 bridgehead atoms. The summed E-state index contributed by atoms with van der Waals surface area (Å²) in [4.78, 5) is 23.2. The molecular weight excluding hydrogens is 444 g/mol. The van der Waals surface area contributed by atoms with Crippen LogP contribution in [-0.2, 0) is 11.2 Å². The highest BCUT2D eigenvalue weighted by molar-refractivity contribution is 7.85. The van der Waals surface area contributed by atoms with Gasteiger partial charge in [-0.1, -0.05) is 6.07 Å². The van der Waals surface area contributed by atoms with Gasteiger partial charge in [-0.15, -0.1) is 0 Å². The first-order valence-electron chi connectivity index (χ1n) is 10.5. The molecule has 0 saturated carbocycles. The fourth-order valence-electron chi connectivity index (χ4n) is 4.03. The third-order valence-electron chi connectivity index (χ3n) is 5.59. The van der Waals surface area contributed by atoms with Crippen molar-refractivity contribution in [2.24, 2.45) is 16.0 Å². The summed E-state index contributed by atoms with van der Waals surface area (Å²) in [5, 5.41) is 4.07. The van der Waals surface area contributed by atoms with Gasteiger partial charge in [0.2, 0.25) is 11.2 Å². The number of nitrogens with two attached hydrogens (primary N) is 1. The third kappa shape index (κ3) is 4.42. The zero-order chi connectivity index (χ0) is 22.8. The van der Waals surface area contributed by atoms with Gasteiger partial charge in [-0.3, -0.25) is 9.52 Å². The van der Waals surface area contributed by atoms with Crippen LogP contribution in [0.5, 0.6) is 5.75 Å². The Morgan fingerprint density at radius 2 is 2.24 bits per heavy atom. The highest BCUT2D eigenvalue weighted by Gasteiger charge is 2.26. The van der Waals surface area contributed by atoms with Crippen LogP contribution in [0.25, 0.3) is 5.82 Å². The number of likely N-dealkylation sites (tertiary alicyclic amines) is 1. The first kappa shape index (κ1) is 21.1. The molecule has 3 aromatic rings. The van der Waals surface area contributed by atoms with Crippen LogP contribution in [0.2, 0.25) is 0 Å². The number of nitrogens with one attached hydrogen (secondary N) is 1. The van der Waals surface area contributed by atoms with Gasteiger partial charge in [0.05, 0.1) is 17.9 Å². The second kappa shape index (κ2) is 8.98. The fourth-order valence-corrected chi connectivity index (χ4v) is 4.71. The topological polar surface area (TPSA) is 141 Å². The number of amidine groups is 1. The Bertz CT molecular complexity index is 1230. The van der Waals surface area contributed by atoms with E-state index in [9.17, 15) is 9.00 Å². The molecular formula is C21H22N8O3S. The minimum Gasteiger partial charge on any atom is -0.492 e. The molecule has 3 N–H and O–H groups in total. The number of pyridine rings is 1. The number of carbonyl (C=O) groups is 1. The van der Waals surface area contributed by atoms with Crippen LogP contribution in [0, 0.1) is 5.92 Å². The van der Waals surface area contributed by atoms with Gasteiger partial charge < -0.3 is 15.4 Å². The summed E-state index contributed by atoms with van der Waals surface area (Å²) in [7, 11) is 0. The molecule has 2 aromatic heterocycles. The zero-order valence-corrected chi connectivity index (χ0v) is 18.4. The number of hydrogen-bond donors (Lipinski definition) is 2. The lowest BCUT2D eigenvalue weighted by Crippen LogP contribution is -2.41. The van der Waals surface area contributed by atoms with Gasteiger partial charge in [0.1, 0.15) is 24.2 Å². The number of rotatable bonds is 5. The van der Waals surface area contributed by atoms with E-state index in [-0.39, 0.29) is 17.7 Å². The van der Waals surface area contributed by atoms with E-state index in [2.05, 4.69) is 24.2 Å².